The summed E-state index contributed by atoms with van der Waals surface area (Å²) in [5.74, 6) is -1.58. The van der Waals surface area contributed by atoms with Crippen molar-refractivity contribution in [2.24, 2.45) is 0 Å². The topological polar surface area (TPSA) is 90.0 Å². The van der Waals surface area contributed by atoms with Crippen LogP contribution in [-0.4, -0.2) is 61.6 Å². The van der Waals surface area contributed by atoms with E-state index in [1.807, 2.05) is 54.3 Å². The Kier molecular flexibility index (Phi) is 7.11. The van der Waals surface area contributed by atoms with Crippen molar-refractivity contribution in [2.75, 3.05) is 5.88 Å². The molecule has 212 valence electrons. The molecule has 9 heteroatoms. The fraction of sp³-hybridized carbons (Fsp3) is 0.344. The first-order valence-electron chi connectivity index (χ1n) is 13.8. The van der Waals surface area contributed by atoms with Crippen molar-refractivity contribution in [2.45, 2.75) is 62.2 Å². The van der Waals surface area contributed by atoms with E-state index in [0.717, 1.165) is 24.0 Å². The number of nitrogens with one attached hydrogen (secondary N) is 1. The van der Waals surface area contributed by atoms with Crippen molar-refractivity contribution in [3.63, 3.8) is 0 Å². The van der Waals surface area contributed by atoms with Gasteiger partial charge in [-0.15, -0.1) is 11.8 Å². The minimum absolute atomic E-state index is 0.0351. The standard InChI is InChI=1S/C32H32FN3O4S/c1-19-22(13-8-14-24(19)33)29(38)34-25(17-20-9-4-3-5-10-20)27(37)30(39)35-18-41-32(2)28(35)31(40)36(32)26-16-15-21-11-6-7-12-23(21)26/h3-14,25-28,37H,15-18H2,1-2H3,(H,34,38)/t25-,26-,27-,28+,32?/m0/s1. The van der Waals surface area contributed by atoms with Gasteiger partial charge < -0.3 is 20.2 Å². The molecule has 5 atom stereocenters. The fourth-order valence-corrected chi connectivity index (χ4v) is 7.92. The number of β-lactam (4-membered cyclic amide) rings is 1. The van der Waals surface area contributed by atoms with E-state index >= 15 is 0 Å². The maximum absolute atomic E-state index is 14.2. The largest absolute Gasteiger partial charge is 0.381 e. The summed E-state index contributed by atoms with van der Waals surface area (Å²) >= 11 is 1.52. The Bertz CT molecular complexity index is 1520. The number of hydrogen-bond donors (Lipinski definition) is 2. The summed E-state index contributed by atoms with van der Waals surface area (Å²) in [7, 11) is 0. The molecule has 3 aromatic carbocycles. The van der Waals surface area contributed by atoms with E-state index in [9.17, 15) is 23.9 Å². The number of carbonyl (C=O) groups excluding carboxylic acids is 3. The van der Waals surface area contributed by atoms with Gasteiger partial charge in [-0.1, -0.05) is 60.7 Å². The highest BCUT2D eigenvalue weighted by atomic mass is 32.2. The van der Waals surface area contributed by atoms with E-state index < -0.39 is 40.7 Å². The van der Waals surface area contributed by atoms with Gasteiger partial charge in [-0.2, -0.15) is 0 Å². The number of nitrogens with zero attached hydrogens (tertiary/aromatic N) is 2. The van der Waals surface area contributed by atoms with E-state index in [4.69, 9.17) is 0 Å². The Balaban J connectivity index is 1.23. The molecule has 1 aliphatic carbocycles. The van der Waals surface area contributed by atoms with Gasteiger partial charge >= 0.3 is 0 Å². The van der Waals surface area contributed by atoms with Gasteiger partial charge in [-0.3, -0.25) is 14.4 Å². The Hall–Kier alpha value is -3.69. The first kappa shape index (κ1) is 27.5. The zero-order chi connectivity index (χ0) is 28.9. The molecule has 3 amide bonds. The number of thioether (sulfide) groups is 1. The number of rotatable bonds is 7. The van der Waals surface area contributed by atoms with E-state index in [2.05, 4.69) is 17.4 Å². The number of aliphatic hydroxyl groups is 1. The average molecular weight is 574 g/mol. The highest BCUT2D eigenvalue weighted by Gasteiger charge is 2.67. The molecule has 0 aromatic heterocycles. The molecule has 6 rings (SSSR count). The van der Waals surface area contributed by atoms with Crippen molar-refractivity contribution in [1.29, 1.82) is 0 Å². The number of hydrogen-bond acceptors (Lipinski definition) is 5. The third kappa shape index (κ3) is 4.61. The molecule has 1 unspecified atom stereocenters. The Morgan fingerprint density at radius 2 is 1.83 bits per heavy atom. The highest BCUT2D eigenvalue weighted by molar-refractivity contribution is 8.01. The van der Waals surface area contributed by atoms with Crippen LogP contribution in [0, 0.1) is 12.7 Å². The zero-order valence-corrected chi connectivity index (χ0v) is 23.7. The third-order valence-corrected chi connectivity index (χ3v) is 10.1. The molecule has 0 saturated carbocycles. The van der Waals surface area contributed by atoms with Crippen LogP contribution in [0.1, 0.15) is 52.0 Å². The van der Waals surface area contributed by atoms with Gasteiger partial charge in [0, 0.05) is 5.56 Å². The van der Waals surface area contributed by atoms with Gasteiger partial charge in [0.05, 0.1) is 18.0 Å². The van der Waals surface area contributed by atoms with Crippen LogP contribution in [0.15, 0.2) is 72.8 Å². The number of aliphatic hydroxyl groups excluding tert-OH is 1. The van der Waals surface area contributed by atoms with Crippen LogP contribution >= 0.6 is 11.8 Å². The summed E-state index contributed by atoms with van der Waals surface area (Å²) in [6, 6.07) is 19.9. The van der Waals surface area contributed by atoms with Gasteiger partial charge in [-0.25, -0.2) is 4.39 Å². The second kappa shape index (κ2) is 10.6. The summed E-state index contributed by atoms with van der Waals surface area (Å²) in [5, 5.41) is 14.2. The van der Waals surface area contributed by atoms with Gasteiger partial charge in [0.25, 0.3) is 11.8 Å². The van der Waals surface area contributed by atoms with Crippen molar-refractivity contribution >= 4 is 29.5 Å². The number of halogens is 1. The normalized spacial score (nSPS) is 24.3. The van der Waals surface area contributed by atoms with Gasteiger partial charge in [0.1, 0.15) is 16.7 Å². The van der Waals surface area contributed by atoms with Gasteiger partial charge in [0.15, 0.2) is 6.10 Å². The molecule has 3 aromatic rings. The Morgan fingerprint density at radius 3 is 2.61 bits per heavy atom. The Morgan fingerprint density at radius 1 is 1.10 bits per heavy atom. The molecule has 3 aliphatic rings. The van der Waals surface area contributed by atoms with Crippen molar-refractivity contribution in [1.82, 2.24) is 15.1 Å². The quantitative estimate of drug-likeness (QED) is 0.418. The summed E-state index contributed by atoms with van der Waals surface area (Å²) in [4.78, 5) is 43.4. The first-order chi connectivity index (χ1) is 19.7. The second-order valence-corrected chi connectivity index (χ2v) is 12.5. The third-order valence-electron chi connectivity index (χ3n) is 8.72. The zero-order valence-electron chi connectivity index (χ0n) is 22.9. The maximum atomic E-state index is 14.2. The molecular weight excluding hydrogens is 541 g/mol. The molecule has 2 N–H and O–H groups in total. The molecular formula is C32H32FN3O4S. The number of amides is 3. The van der Waals surface area contributed by atoms with Gasteiger partial charge in [0.2, 0.25) is 5.91 Å². The Labute approximate surface area is 242 Å². The molecule has 0 bridgehead atoms. The minimum Gasteiger partial charge on any atom is -0.381 e. The monoisotopic (exact) mass is 573 g/mol. The SMILES string of the molecule is Cc1c(F)cccc1C(=O)N[C@@H](Cc1ccccc1)[C@H](O)C(=O)N1CSC2(C)[C@H]1C(=O)N2[C@H]1CCc2ccccc21. The fourth-order valence-electron chi connectivity index (χ4n) is 6.50. The molecule has 2 fully saturated rings. The molecule has 0 spiro atoms. The second-order valence-electron chi connectivity index (χ2n) is 11.1. The summed E-state index contributed by atoms with van der Waals surface area (Å²) < 4.78 is 14.2. The molecule has 0 radical (unpaired) electrons. The predicted octanol–water partition coefficient (Wildman–Crippen LogP) is 3.98. The lowest BCUT2D eigenvalue weighted by atomic mass is 9.89. The molecule has 41 heavy (non-hydrogen) atoms. The highest BCUT2D eigenvalue weighted by Crippen LogP contribution is 2.56. The predicted molar refractivity (Wildman–Crippen MR) is 154 cm³/mol. The van der Waals surface area contributed by atoms with Crippen LogP contribution in [0.3, 0.4) is 0 Å². The number of carbonyl (C=O) groups is 3. The maximum Gasteiger partial charge on any atom is 0.255 e. The molecule has 7 nitrogen and oxygen atoms in total. The number of aryl methyl sites for hydroxylation is 1. The summed E-state index contributed by atoms with van der Waals surface area (Å²) in [6.45, 7) is 3.50. The van der Waals surface area contributed by atoms with Crippen molar-refractivity contribution in [3.05, 3.63) is 106 Å². The summed E-state index contributed by atoms with van der Waals surface area (Å²) in [5.41, 5.74) is 3.53. The van der Waals surface area contributed by atoms with Crippen molar-refractivity contribution in [3.8, 4) is 0 Å². The molecule has 2 saturated heterocycles. The van der Waals surface area contributed by atoms with Crippen LogP contribution < -0.4 is 5.32 Å². The van der Waals surface area contributed by atoms with E-state index in [-0.39, 0.29) is 35.4 Å². The number of fused-ring (bicyclic) bond motifs is 2. The van der Waals surface area contributed by atoms with Crippen LogP contribution in [-0.2, 0) is 22.4 Å². The van der Waals surface area contributed by atoms with Crippen LogP contribution in [0.5, 0.6) is 0 Å². The smallest absolute Gasteiger partial charge is 0.255 e. The average Bonchev–Trinajstić information content (AvgIpc) is 3.52. The number of benzene rings is 3. The van der Waals surface area contributed by atoms with Crippen molar-refractivity contribution < 1.29 is 23.9 Å². The van der Waals surface area contributed by atoms with Crippen LogP contribution in [0.4, 0.5) is 4.39 Å². The first-order valence-corrected chi connectivity index (χ1v) is 14.8. The lowest BCUT2D eigenvalue weighted by Gasteiger charge is -2.55. The number of likely N-dealkylation sites (tertiary alicyclic amines) is 1. The van der Waals surface area contributed by atoms with E-state index in [1.54, 1.807) is 0 Å². The molecule has 2 heterocycles. The van der Waals surface area contributed by atoms with Crippen LogP contribution in [0.25, 0.3) is 0 Å². The van der Waals surface area contributed by atoms with E-state index in [0.29, 0.717) is 0 Å². The summed E-state index contributed by atoms with van der Waals surface area (Å²) in [6.07, 6.45) is 0.318. The molecule has 2 aliphatic heterocycles. The van der Waals surface area contributed by atoms with E-state index in [1.165, 1.54) is 47.3 Å². The van der Waals surface area contributed by atoms with Gasteiger partial charge in [-0.05, 0) is 67.5 Å². The minimum atomic E-state index is -1.61. The lowest BCUT2D eigenvalue weighted by molar-refractivity contribution is -0.171. The van der Waals surface area contributed by atoms with Crippen LogP contribution in [0.2, 0.25) is 0 Å². The lowest BCUT2D eigenvalue weighted by Crippen LogP contribution is -2.74.